The van der Waals surface area contributed by atoms with E-state index in [9.17, 15) is 8.42 Å². The summed E-state index contributed by atoms with van der Waals surface area (Å²) in [5, 5.41) is 0. The third-order valence-corrected chi connectivity index (χ3v) is 12.8. The SMILES string of the molecule is COS(=O)(=O)OS(c1ccccc1)(c1ccccc1)c1ccc(-c2ccc(C)cc2)c(-c2ccc(C)cc2)c1-c1ccc(C)cc1. The van der Waals surface area contributed by atoms with Gasteiger partial charge in [0, 0.05) is 20.2 Å². The molecule has 0 amide bonds. The van der Waals surface area contributed by atoms with Crippen LogP contribution in [0.1, 0.15) is 16.7 Å². The Morgan fingerprint density at radius 3 is 1.30 bits per heavy atom. The molecule has 0 aliphatic heterocycles. The number of hydrogen-bond acceptors (Lipinski definition) is 4. The molecule has 6 heteroatoms. The fourth-order valence-corrected chi connectivity index (χ4v) is 10.5. The van der Waals surface area contributed by atoms with Gasteiger partial charge in [0.2, 0.25) is 0 Å². The van der Waals surface area contributed by atoms with Crippen molar-refractivity contribution in [3.63, 3.8) is 0 Å². The van der Waals surface area contributed by atoms with Crippen LogP contribution in [0.2, 0.25) is 0 Å². The van der Waals surface area contributed by atoms with Gasteiger partial charge in [0.1, 0.15) is 0 Å². The lowest BCUT2D eigenvalue weighted by Gasteiger charge is -2.41. The molecular formula is C40H36O4S2. The second-order valence-corrected chi connectivity index (χ2v) is 15.5. The molecule has 6 aromatic carbocycles. The molecule has 0 aliphatic rings. The van der Waals surface area contributed by atoms with Gasteiger partial charge in [-0.15, -0.1) is 0 Å². The quantitative estimate of drug-likeness (QED) is 0.157. The first-order valence-electron chi connectivity index (χ1n) is 15.1. The number of hydrogen-bond donors (Lipinski definition) is 0. The monoisotopic (exact) mass is 644 g/mol. The summed E-state index contributed by atoms with van der Waals surface area (Å²) < 4.78 is 38.5. The Morgan fingerprint density at radius 1 is 0.457 bits per heavy atom. The molecule has 0 aliphatic carbocycles. The smallest absolute Gasteiger partial charge is 0.251 e. The van der Waals surface area contributed by atoms with Crippen LogP contribution in [0.5, 0.6) is 0 Å². The lowest BCUT2D eigenvalue weighted by molar-refractivity contribution is 0.339. The predicted molar refractivity (Wildman–Crippen MR) is 189 cm³/mol. The Bertz CT molecular complexity index is 2020. The lowest BCUT2D eigenvalue weighted by atomic mass is 9.87. The highest BCUT2D eigenvalue weighted by Crippen LogP contribution is 2.72. The third-order valence-electron chi connectivity index (χ3n) is 8.06. The van der Waals surface area contributed by atoms with Crippen molar-refractivity contribution in [2.24, 2.45) is 0 Å². The molecule has 0 unspecified atom stereocenters. The maximum absolute atomic E-state index is 13.5. The van der Waals surface area contributed by atoms with Crippen LogP contribution in [0.15, 0.2) is 160 Å². The Kier molecular flexibility index (Phi) is 8.98. The molecule has 4 nitrogen and oxygen atoms in total. The molecule has 0 atom stereocenters. The maximum atomic E-state index is 13.5. The van der Waals surface area contributed by atoms with E-state index >= 15 is 0 Å². The molecule has 0 fully saturated rings. The summed E-state index contributed by atoms with van der Waals surface area (Å²) >= 11 is 0. The summed E-state index contributed by atoms with van der Waals surface area (Å²) in [6.45, 7) is 6.22. The van der Waals surface area contributed by atoms with Crippen molar-refractivity contribution in [3.8, 4) is 33.4 Å². The summed E-state index contributed by atoms with van der Waals surface area (Å²) in [5.41, 5.74) is 9.40. The van der Waals surface area contributed by atoms with Gasteiger partial charge in [-0.05, 0) is 89.2 Å². The highest BCUT2D eigenvalue weighted by Gasteiger charge is 2.40. The first-order valence-corrected chi connectivity index (χ1v) is 17.9. The summed E-state index contributed by atoms with van der Waals surface area (Å²) in [7, 11) is -6.26. The molecule has 0 radical (unpaired) electrons. The van der Waals surface area contributed by atoms with Gasteiger partial charge in [0.15, 0.2) is 0 Å². The van der Waals surface area contributed by atoms with Crippen LogP contribution >= 0.6 is 10.3 Å². The minimum atomic E-state index is -4.44. The second-order valence-electron chi connectivity index (χ2n) is 11.3. The van der Waals surface area contributed by atoms with Crippen LogP contribution in [0.25, 0.3) is 33.4 Å². The zero-order valence-corrected chi connectivity index (χ0v) is 27.9. The zero-order chi connectivity index (χ0) is 32.3. The van der Waals surface area contributed by atoms with Crippen LogP contribution < -0.4 is 0 Å². The minimum Gasteiger partial charge on any atom is -0.251 e. The van der Waals surface area contributed by atoms with Crippen LogP contribution in [0.3, 0.4) is 0 Å². The second kappa shape index (κ2) is 13.1. The third kappa shape index (κ3) is 6.17. The van der Waals surface area contributed by atoms with Gasteiger partial charge in [0.05, 0.1) is 7.11 Å². The fourth-order valence-electron chi connectivity index (χ4n) is 5.71. The van der Waals surface area contributed by atoms with E-state index in [0.717, 1.165) is 66.3 Å². The van der Waals surface area contributed by atoms with E-state index in [2.05, 4.69) is 99.6 Å². The summed E-state index contributed by atoms with van der Waals surface area (Å²) in [5.74, 6) is 0. The fraction of sp³-hybridized carbons (Fsp3) is 0.100. The van der Waals surface area contributed by atoms with Crippen molar-refractivity contribution in [2.45, 2.75) is 35.5 Å². The Balaban J connectivity index is 1.84. The standard InChI is InChI=1S/C40H36O4S2/c1-29-15-21-32(22-16-29)37-27-28-38(40(34-25-19-31(3)20-26-34)39(37)33-23-17-30(2)18-24-33)45(44-46(41,42)43-4,35-11-7-5-8-12-35)36-13-9-6-10-14-36/h5-28H,1-4H3. The Labute approximate surface area is 274 Å². The van der Waals surface area contributed by atoms with Gasteiger partial charge in [-0.2, -0.15) is 12.0 Å². The van der Waals surface area contributed by atoms with Crippen LogP contribution in [-0.4, -0.2) is 15.5 Å². The number of aryl methyl sites for hydroxylation is 3. The normalized spacial score (nSPS) is 12.2. The predicted octanol–water partition coefficient (Wildman–Crippen LogP) is 10.7. The summed E-state index contributed by atoms with van der Waals surface area (Å²) in [6.07, 6.45) is 0. The van der Waals surface area contributed by atoms with E-state index < -0.39 is 20.7 Å². The maximum Gasteiger partial charge on any atom is 0.409 e. The van der Waals surface area contributed by atoms with Crippen LogP contribution in [0.4, 0.5) is 0 Å². The van der Waals surface area contributed by atoms with Crippen molar-refractivity contribution in [2.75, 3.05) is 7.11 Å². The van der Waals surface area contributed by atoms with Gasteiger partial charge < -0.3 is 0 Å². The molecule has 0 bridgehead atoms. The lowest BCUT2D eigenvalue weighted by Crippen LogP contribution is -2.16. The molecular weight excluding hydrogens is 609 g/mol. The van der Waals surface area contributed by atoms with Gasteiger partial charge >= 0.3 is 10.4 Å². The van der Waals surface area contributed by atoms with Crippen molar-refractivity contribution >= 4 is 20.7 Å². The molecule has 46 heavy (non-hydrogen) atoms. The van der Waals surface area contributed by atoms with E-state index in [1.807, 2.05) is 66.7 Å². The largest absolute Gasteiger partial charge is 0.409 e. The Morgan fingerprint density at radius 2 is 0.870 bits per heavy atom. The molecule has 6 aromatic rings. The van der Waals surface area contributed by atoms with E-state index in [-0.39, 0.29) is 0 Å². The molecule has 0 heterocycles. The molecule has 0 aromatic heterocycles. The van der Waals surface area contributed by atoms with Gasteiger partial charge in [-0.1, -0.05) is 132 Å². The van der Waals surface area contributed by atoms with Gasteiger partial charge in [-0.25, -0.2) is 0 Å². The topological polar surface area (TPSA) is 52.6 Å². The molecule has 0 saturated heterocycles. The first-order chi connectivity index (χ1) is 22.2. The van der Waals surface area contributed by atoms with Crippen molar-refractivity contribution in [3.05, 3.63) is 162 Å². The number of benzene rings is 6. The molecule has 0 saturated carbocycles. The van der Waals surface area contributed by atoms with Crippen LogP contribution in [0, 0.1) is 20.8 Å². The average molecular weight is 645 g/mol. The highest BCUT2D eigenvalue weighted by atomic mass is 32.3. The van der Waals surface area contributed by atoms with Gasteiger partial charge in [0.25, 0.3) is 0 Å². The number of rotatable bonds is 9. The van der Waals surface area contributed by atoms with E-state index in [4.69, 9.17) is 7.81 Å². The molecule has 0 N–H and O–H groups in total. The van der Waals surface area contributed by atoms with Gasteiger partial charge in [-0.3, -0.25) is 4.18 Å². The Hall–Kier alpha value is -4.46. The molecule has 6 rings (SSSR count). The van der Waals surface area contributed by atoms with E-state index in [1.165, 1.54) is 5.56 Å². The first kappa shape index (κ1) is 31.5. The van der Waals surface area contributed by atoms with Crippen molar-refractivity contribution in [1.29, 1.82) is 0 Å². The van der Waals surface area contributed by atoms with Crippen molar-refractivity contribution in [1.82, 2.24) is 0 Å². The summed E-state index contributed by atoms with van der Waals surface area (Å²) in [6, 6.07) is 48.8. The van der Waals surface area contributed by atoms with E-state index in [1.54, 1.807) is 0 Å². The molecule has 232 valence electrons. The van der Waals surface area contributed by atoms with Crippen molar-refractivity contribution < 1.29 is 16.2 Å². The van der Waals surface area contributed by atoms with Crippen LogP contribution in [-0.2, 0) is 18.2 Å². The minimum absolute atomic E-state index is 0.730. The highest BCUT2D eigenvalue weighted by molar-refractivity contribution is 8.33. The van der Waals surface area contributed by atoms with E-state index in [0.29, 0.717) is 0 Å². The average Bonchev–Trinajstić information content (AvgIpc) is 3.09. The summed E-state index contributed by atoms with van der Waals surface area (Å²) in [4.78, 5) is 2.21. The zero-order valence-electron chi connectivity index (χ0n) is 26.3. The molecule has 0 spiro atoms.